The van der Waals surface area contributed by atoms with Gasteiger partial charge in [0.1, 0.15) is 11.4 Å². The fraction of sp³-hybridized carbons (Fsp3) is 0.333. The standard InChI is InChI=1S/C15H20N2O4/c1-10(2)16-15(19)13(9-14(18)21-4)17-11-5-7-12(20-3)8-6-11/h5-10,17H,1-4H3,(H,16,19)/b13-9-. The number of amides is 1. The van der Waals surface area contributed by atoms with Crippen LogP contribution in [0.25, 0.3) is 0 Å². The summed E-state index contributed by atoms with van der Waals surface area (Å²) in [7, 11) is 2.82. The van der Waals surface area contributed by atoms with E-state index in [1.165, 1.54) is 7.11 Å². The Morgan fingerprint density at radius 2 is 1.76 bits per heavy atom. The summed E-state index contributed by atoms with van der Waals surface area (Å²) in [5.41, 5.74) is 0.769. The SMILES string of the molecule is COC(=O)/C=C(\Nc1ccc(OC)cc1)C(=O)NC(C)C. The number of nitrogens with one attached hydrogen (secondary N) is 2. The number of benzene rings is 1. The zero-order valence-electron chi connectivity index (χ0n) is 12.6. The molecule has 0 aliphatic carbocycles. The summed E-state index contributed by atoms with van der Waals surface area (Å²) in [6.07, 6.45) is 1.11. The molecule has 0 saturated heterocycles. The molecule has 0 spiro atoms. The topological polar surface area (TPSA) is 76.7 Å². The van der Waals surface area contributed by atoms with Crippen LogP contribution in [0, 0.1) is 0 Å². The molecule has 0 heterocycles. The molecule has 1 rings (SSSR count). The molecule has 6 nitrogen and oxygen atoms in total. The van der Waals surface area contributed by atoms with E-state index in [0.717, 1.165) is 6.08 Å². The van der Waals surface area contributed by atoms with Crippen molar-refractivity contribution in [3.63, 3.8) is 0 Å². The van der Waals surface area contributed by atoms with Gasteiger partial charge in [0.05, 0.1) is 20.3 Å². The van der Waals surface area contributed by atoms with Crippen molar-refractivity contribution in [1.82, 2.24) is 5.32 Å². The number of carbonyl (C=O) groups is 2. The Bertz CT molecular complexity index is 521. The molecule has 0 aliphatic rings. The van der Waals surface area contributed by atoms with Crippen LogP contribution in [0.4, 0.5) is 5.69 Å². The Labute approximate surface area is 124 Å². The molecule has 6 heteroatoms. The molecule has 2 N–H and O–H groups in total. The summed E-state index contributed by atoms with van der Waals surface area (Å²) < 4.78 is 9.62. The molecule has 0 aromatic heterocycles. The van der Waals surface area contributed by atoms with Gasteiger partial charge in [-0.05, 0) is 38.1 Å². The van der Waals surface area contributed by atoms with E-state index in [4.69, 9.17) is 4.74 Å². The first-order chi connectivity index (χ1) is 9.96. The van der Waals surface area contributed by atoms with Crippen molar-refractivity contribution in [2.24, 2.45) is 0 Å². The van der Waals surface area contributed by atoms with Gasteiger partial charge in [-0.1, -0.05) is 0 Å². The number of anilines is 1. The van der Waals surface area contributed by atoms with E-state index >= 15 is 0 Å². The number of esters is 1. The molecular weight excluding hydrogens is 272 g/mol. The first-order valence-corrected chi connectivity index (χ1v) is 6.48. The normalized spacial score (nSPS) is 11.0. The molecule has 0 saturated carbocycles. The monoisotopic (exact) mass is 292 g/mol. The molecule has 1 aromatic rings. The van der Waals surface area contributed by atoms with Crippen LogP contribution < -0.4 is 15.4 Å². The summed E-state index contributed by atoms with van der Waals surface area (Å²) in [6, 6.07) is 6.94. The zero-order chi connectivity index (χ0) is 15.8. The van der Waals surface area contributed by atoms with Gasteiger partial charge in [0, 0.05) is 11.7 Å². The Hall–Kier alpha value is -2.50. The molecule has 114 valence electrons. The summed E-state index contributed by atoms with van der Waals surface area (Å²) in [6.45, 7) is 3.67. The summed E-state index contributed by atoms with van der Waals surface area (Å²) in [5, 5.41) is 5.61. The van der Waals surface area contributed by atoms with Gasteiger partial charge in [0.2, 0.25) is 0 Å². The Balaban J connectivity index is 2.93. The minimum Gasteiger partial charge on any atom is -0.497 e. The van der Waals surface area contributed by atoms with Crippen LogP contribution in [0.15, 0.2) is 36.0 Å². The lowest BCUT2D eigenvalue weighted by molar-refractivity contribution is -0.135. The van der Waals surface area contributed by atoms with Crippen molar-refractivity contribution in [1.29, 1.82) is 0 Å². The largest absolute Gasteiger partial charge is 0.497 e. The van der Waals surface area contributed by atoms with E-state index in [1.54, 1.807) is 31.4 Å². The van der Waals surface area contributed by atoms with Gasteiger partial charge in [-0.3, -0.25) is 4.79 Å². The molecule has 0 fully saturated rings. The predicted octanol–water partition coefficient (Wildman–Crippen LogP) is 1.69. The minimum atomic E-state index is -0.607. The summed E-state index contributed by atoms with van der Waals surface area (Å²) in [5.74, 6) is -0.290. The van der Waals surface area contributed by atoms with Crippen LogP contribution in [0.3, 0.4) is 0 Å². The van der Waals surface area contributed by atoms with E-state index in [9.17, 15) is 9.59 Å². The molecule has 1 amide bonds. The maximum absolute atomic E-state index is 12.1. The highest BCUT2D eigenvalue weighted by Crippen LogP contribution is 2.16. The van der Waals surface area contributed by atoms with Gasteiger partial charge in [-0.2, -0.15) is 0 Å². The molecule has 0 unspecified atom stereocenters. The Morgan fingerprint density at radius 1 is 1.14 bits per heavy atom. The van der Waals surface area contributed by atoms with Gasteiger partial charge in [-0.25, -0.2) is 4.79 Å². The van der Waals surface area contributed by atoms with Crippen molar-refractivity contribution in [2.75, 3.05) is 19.5 Å². The van der Waals surface area contributed by atoms with Gasteiger partial charge < -0.3 is 20.1 Å². The van der Waals surface area contributed by atoms with E-state index in [0.29, 0.717) is 11.4 Å². The van der Waals surface area contributed by atoms with Crippen molar-refractivity contribution in [3.05, 3.63) is 36.0 Å². The highest BCUT2D eigenvalue weighted by atomic mass is 16.5. The van der Waals surface area contributed by atoms with Crippen molar-refractivity contribution >= 4 is 17.6 Å². The second-order valence-corrected chi connectivity index (χ2v) is 4.56. The number of rotatable bonds is 6. The third kappa shape index (κ3) is 5.56. The molecule has 0 atom stereocenters. The van der Waals surface area contributed by atoms with E-state index in [-0.39, 0.29) is 17.6 Å². The second-order valence-electron chi connectivity index (χ2n) is 4.56. The van der Waals surface area contributed by atoms with Crippen molar-refractivity contribution < 1.29 is 19.1 Å². The highest BCUT2D eigenvalue weighted by molar-refractivity contribution is 6.01. The number of hydrogen-bond donors (Lipinski definition) is 2. The number of methoxy groups -OCH3 is 2. The Kier molecular flexibility index (Phi) is 6.26. The van der Waals surface area contributed by atoms with E-state index in [2.05, 4.69) is 15.4 Å². The van der Waals surface area contributed by atoms with Crippen LogP contribution in [0.2, 0.25) is 0 Å². The molecule has 21 heavy (non-hydrogen) atoms. The average molecular weight is 292 g/mol. The fourth-order valence-corrected chi connectivity index (χ4v) is 1.50. The van der Waals surface area contributed by atoms with Crippen LogP contribution in [-0.4, -0.2) is 32.1 Å². The highest BCUT2D eigenvalue weighted by Gasteiger charge is 2.13. The number of ether oxygens (including phenoxy) is 2. The second kappa shape index (κ2) is 7.94. The predicted molar refractivity (Wildman–Crippen MR) is 80.0 cm³/mol. The molecule has 1 aromatic carbocycles. The van der Waals surface area contributed by atoms with Crippen molar-refractivity contribution in [2.45, 2.75) is 19.9 Å². The molecule has 0 bridgehead atoms. The average Bonchev–Trinajstić information content (AvgIpc) is 2.46. The third-order valence-corrected chi connectivity index (χ3v) is 2.50. The lowest BCUT2D eigenvalue weighted by Crippen LogP contribution is -2.34. The van der Waals surface area contributed by atoms with Gasteiger partial charge >= 0.3 is 5.97 Å². The van der Waals surface area contributed by atoms with Gasteiger partial charge in [-0.15, -0.1) is 0 Å². The lowest BCUT2D eigenvalue weighted by atomic mass is 10.2. The van der Waals surface area contributed by atoms with Gasteiger partial charge in [0.25, 0.3) is 5.91 Å². The number of hydrogen-bond acceptors (Lipinski definition) is 5. The Morgan fingerprint density at radius 3 is 2.24 bits per heavy atom. The molecular formula is C15H20N2O4. The maximum Gasteiger partial charge on any atom is 0.332 e. The quantitative estimate of drug-likeness (QED) is 0.616. The van der Waals surface area contributed by atoms with E-state index < -0.39 is 5.97 Å². The molecule has 0 radical (unpaired) electrons. The zero-order valence-corrected chi connectivity index (χ0v) is 12.6. The van der Waals surface area contributed by atoms with Crippen LogP contribution >= 0.6 is 0 Å². The number of carbonyl (C=O) groups excluding carboxylic acids is 2. The summed E-state index contributed by atoms with van der Waals surface area (Å²) in [4.78, 5) is 23.4. The van der Waals surface area contributed by atoms with Gasteiger partial charge in [0.15, 0.2) is 0 Å². The van der Waals surface area contributed by atoms with Crippen LogP contribution in [0.5, 0.6) is 5.75 Å². The van der Waals surface area contributed by atoms with Crippen LogP contribution in [-0.2, 0) is 14.3 Å². The minimum absolute atomic E-state index is 0.0452. The van der Waals surface area contributed by atoms with Crippen LogP contribution in [0.1, 0.15) is 13.8 Å². The maximum atomic E-state index is 12.1. The summed E-state index contributed by atoms with van der Waals surface area (Å²) >= 11 is 0. The third-order valence-electron chi connectivity index (χ3n) is 2.50. The lowest BCUT2D eigenvalue weighted by Gasteiger charge is -2.13. The smallest absolute Gasteiger partial charge is 0.332 e. The fourth-order valence-electron chi connectivity index (χ4n) is 1.50. The van der Waals surface area contributed by atoms with Crippen molar-refractivity contribution in [3.8, 4) is 5.75 Å². The van der Waals surface area contributed by atoms with E-state index in [1.807, 2.05) is 13.8 Å². The first kappa shape index (κ1) is 16.6. The first-order valence-electron chi connectivity index (χ1n) is 6.48. The molecule has 0 aliphatic heterocycles.